The number of hydrogen-bond donors (Lipinski definition) is 2. The molecule has 184 valence electrons. The fourth-order valence-corrected chi connectivity index (χ4v) is 4.59. The Morgan fingerprint density at radius 2 is 1.91 bits per heavy atom. The third kappa shape index (κ3) is 6.27. The largest absolute Gasteiger partial charge is 0.493 e. The first-order chi connectivity index (χ1) is 16.6. The first-order valence-electron chi connectivity index (χ1n) is 12.6. The van der Waals surface area contributed by atoms with Crippen LogP contribution < -0.4 is 15.6 Å². The van der Waals surface area contributed by atoms with Crippen molar-refractivity contribution in [3.05, 3.63) is 57.6 Å². The summed E-state index contributed by atoms with van der Waals surface area (Å²) in [4.78, 5) is 17.1. The third-order valence-electron chi connectivity index (χ3n) is 6.88. The fraction of sp³-hybridized carbons (Fsp3) is 0.556. The lowest BCUT2D eigenvalue weighted by molar-refractivity contribution is 0.171. The number of benzene rings is 1. The van der Waals surface area contributed by atoms with Crippen molar-refractivity contribution in [2.24, 2.45) is 11.8 Å². The molecule has 2 N–H and O–H groups in total. The summed E-state index contributed by atoms with van der Waals surface area (Å²) in [6, 6.07) is 8.00. The Labute approximate surface area is 201 Å². The molecule has 1 aliphatic carbocycles. The van der Waals surface area contributed by atoms with E-state index in [9.17, 15) is 4.79 Å². The quantitative estimate of drug-likeness (QED) is 0.515. The molecule has 0 radical (unpaired) electrons. The van der Waals surface area contributed by atoms with Gasteiger partial charge in [0.25, 0.3) is 5.56 Å². The van der Waals surface area contributed by atoms with E-state index >= 15 is 0 Å². The first-order valence-corrected chi connectivity index (χ1v) is 12.6. The molecule has 2 fully saturated rings. The summed E-state index contributed by atoms with van der Waals surface area (Å²) in [5.74, 6) is 2.35. The summed E-state index contributed by atoms with van der Waals surface area (Å²) in [6.07, 6.45) is 8.67. The van der Waals surface area contributed by atoms with Gasteiger partial charge in [-0.3, -0.25) is 9.69 Å². The molecule has 1 aromatic carbocycles. The van der Waals surface area contributed by atoms with E-state index in [0.29, 0.717) is 5.92 Å². The van der Waals surface area contributed by atoms with Gasteiger partial charge < -0.3 is 19.6 Å². The van der Waals surface area contributed by atoms with E-state index in [0.717, 1.165) is 78.5 Å². The lowest BCUT2D eigenvalue weighted by Crippen LogP contribution is -2.35. The van der Waals surface area contributed by atoms with Gasteiger partial charge in [-0.2, -0.15) is 0 Å². The van der Waals surface area contributed by atoms with Crippen LogP contribution in [0.4, 0.5) is 0 Å². The highest BCUT2D eigenvalue weighted by Gasteiger charge is 2.24. The Hall–Kier alpha value is -2.64. The van der Waals surface area contributed by atoms with Crippen LogP contribution in [0.15, 0.2) is 39.8 Å². The van der Waals surface area contributed by atoms with Gasteiger partial charge in [-0.25, -0.2) is 0 Å². The maximum atomic E-state index is 11.9. The summed E-state index contributed by atoms with van der Waals surface area (Å²) < 4.78 is 11.7. The number of H-pyrrole nitrogens is 1. The van der Waals surface area contributed by atoms with Gasteiger partial charge in [-0.05, 0) is 103 Å². The normalized spacial score (nSPS) is 16.9. The monoisotopic (exact) mass is 466 g/mol. The molecule has 7 nitrogen and oxygen atoms in total. The van der Waals surface area contributed by atoms with Crippen molar-refractivity contribution in [3.63, 3.8) is 0 Å². The Morgan fingerprint density at radius 3 is 2.62 bits per heavy atom. The second-order valence-electron chi connectivity index (χ2n) is 9.73. The van der Waals surface area contributed by atoms with Crippen molar-refractivity contribution < 1.29 is 9.26 Å². The number of fused-ring (bicyclic) bond motifs is 1. The average Bonchev–Trinajstić information content (AvgIpc) is 3.58. The van der Waals surface area contributed by atoms with Crippen LogP contribution in [0.3, 0.4) is 0 Å². The van der Waals surface area contributed by atoms with Crippen molar-refractivity contribution in [2.75, 3.05) is 33.8 Å². The van der Waals surface area contributed by atoms with Gasteiger partial charge in [0.05, 0.1) is 12.3 Å². The van der Waals surface area contributed by atoms with E-state index in [1.54, 1.807) is 6.20 Å². The molecule has 0 amide bonds. The number of aromatic amines is 1. The van der Waals surface area contributed by atoms with Crippen molar-refractivity contribution in [1.29, 1.82) is 0 Å². The lowest BCUT2D eigenvalue weighted by atomic mass is 9.91. The number of rotatable bonds is 8. The number of nitrogens with zero attached hydrogens (tertiary/aromatic N) is 2. The molecular weight excluding hydrogens is 428 g/mol. The smallest absolute Gasteiger partial charge is 0.252 e. The Kier molecular flexibility index (Phi) is 8.40. The van der Waals surface area contributed by atoms with E-state index in [1.807, 2.05) is 26.2 Å². The lowest BCUT2D eigenvalue weighted by Gasteiger charge is -2.31. The molecule has 5 rings (SSSR count). The van der Waals surface area contributed by atoms with E-state index < -0.39 is 0 Å². The Bertz CT molecular complexity index is 1110. The van der Waals surface area contributed by atoms with Gasteiger partial charge >= 0.3 is 0 Å². The van der Waals surface area contributed by atoms with Crippen LogP contribution in [0, 0.1) is 18.8 Å². The summed E-state index contributed by atoms with van der Waals surface area (Å²) in [7, 11) is 3.75. The molecule has 7 heteroatoms. The number of aryl methyl sites for hydroxylation is 2. The highest BCUT2D eigenvalue weighted by atomic mass is 16.5. The standard InChI is InChI=1S/C25H31N3O3.C2H7N/c1-17-23(30-16-19-4-5-19)9-7-21-22(27-31-24(17)21)8-6-18-10-13-28(14-11-18)15-20-3-2-12-26-25(20)29;1-3-2/h2-3,7,9,12,18-19H,4-6,8,10-11,13-16H2,1H3,(H,26,29);3H,1-2H3. The number of hydrogen-bond acceptors (Lipinski definition) is 6. The molecule has 0 atom stereocenters. The minimum atomic E-state index is 0.0268. The molecule has 3 aromatic rings. The van der Waals surface area contributed by atoms with Gasteiger partial charge in [-0.15, -0.1) is 0 Å². The van der Waals surface area contributed by atoms with Crippen molar-refractivity contribution >= 4 is 11.0 Å². The van der Waals surface area contributed by atoms with Crippen LogP contribution in [-0.4, -0.2) is 48.8 Å². The first kappa shape index (κ1) is 24.5. The van der Waals surface area contributed by atoms with Crippen molar-refractivity contribution in [3.8, 4) is 5.75 Å². The number of likely N-dealkylation sites (tertiary alicyclic amines) is 1. The SMILES string of the molecule is CNC.Cc1c(OCC2CC2)ccc2c(CCC3CCN(Cc4ccc[nH]c4=O)CC3)noc12. The Balaban J connectivity index is 0.000000868. The third-order valence-corrected chi connectivity index (χ3v) is 6.88. The van der Waals surface area contributed by atoms with E-state index in [1.165, 1.54) is 25.7 Å². The van der Waals surface area contributed by atoms with Gasteiger partial charge in [0.2, 0.25) is 0 Å². The molecule has 3 heterocycles. The van der Waals surface area contributed by atoms with Crippen LogP contribution in [0.1, 0.15) is 48.9 Å². The second kappa shape index (κ2) is 11.7. The van der Waals surface area contributed by atoms with Crippen molar-refractivity contribution in [1.82, 2.24) is 20.4 Å². The second-order valence-corrected chi connectivity index (χ2v) is 9.73. The molecule has 0 spiro atoms. The minimum Gasteiger partial charge on any atom is -0.493 e. The average molecular weight is 467 g/mol. The highest BCUT2D eigenvalue weighted by molar-refractivity contribution is 5.84. The van der Waals surface area contributed by atoms with Gasteiger partial charge in [0.1, 0.15) is 5.75 Å². The summed E-state index contributed by atoms with van der Waals surface area (Å²) in [5.41, 5.74) is 3.86. The maximum absolute atomic E-state index is 11.9. The molecule has 34 heavy (non-hydrogen) atoms. The molecule has 2 aliphatic rings. The van der Waals surface area contributed by atoms with Crippen LogP contribution in [0.2, 0.25) is 0 Å². The zero-order valence-corrected chi connectivity index (χ0v) is 20.7. The predicted molar refractivity (Wildman–Crippen MR) is 135 cm³/mol. The predicted octanol–water partition coefficient (Wildman–Crippen LogP) is 4.29. The highest BCUT2D eigenvalue weighted by Crippen LogP contribution is 2.34. The molecule has 0 bridgehead atoms. The maximum Gasteiger partial charge on any atom is 0.252 e. The number of piperidine rings is 1. The number of aromatic nitrogens is 2. The van der Waals surface area contributed by atoms with Gasteiger partial charge in [-0.1, -0.05) is 11.2 Å². The zero-order chi connectivity index (χ0) is 23.9. The number of nitrogens with one attached hydrogen (secondary N) is 2. The number of pyridine rings is 1. The van der Waals surface area contributed by atoms with Crippen molar-refractivity contribution in [2.45, 2.75) is 52.0 Å². The minimum absolute atomic E-state index is 0.0268. The van der Waals surface area contributed by atoms with Crippen LogP contribution in [0.25, 0.3) is 11.0 Å². The molecular formula is C27H38N4O3. The summed E-state index contributed by atoms with van der Waals surface area (Å²) in [5, 5.41) is 8.26. The Morgan fingerprint density at radius 1 is 1.15 bits per heavy atom. The zero-order valence-electron chi connectivity index (χ0n) is 20.7. The van der Waals surface area contributed by atoms with Crippen LogP contribution >= 0.6 is 0 Å². The fourth-order valence-electron chi connectivity index (χ4n) is 4.59. The van der Waals surface area contributed by atoms with Crippen LogP contribution in [0.5, 0.6) is 5.75 Å². The molecule has 1 saturated heterocycles. The molecule has 2 aromatic heterocycles. The molecule has 1 saturated carbocycles. The van der Waals surface area contributed by atoms with E-state index in [2.05, 4.69) is 39.4 Å². The summed E-state index contributed by atoms with van der Waals surface area (Å²) >= 11 is 0. The van der Waals surface area contributed by atoms with Gasteiger partial charge in [0, 0.05) is 29.3 Å². The number of ether oxygens (including phenoxy) is 1. The summed E-state index contributed by atoms with van der Waals surface area (Å²) in [6.45, 7) is 5.69. The molecule has 0 unspecified atom stereocenters. The van der Waals surface area contributed by atoms with E-state index in [-0.39, 0.29) is 5.56 Å². The van der Waals surface area contributed by atoms with E-state index in [4.69, 9.17) is 9.26 Å². The molecule has 1 aliphatic heterocycles. The van der Waals surface area contributed by atoms with Crippen LogP contribution in [-0.2, 0) is 13.0 Å². The topological polar surface area (TPSA) is 83.4 Å². The van der Waals surface area contributed by atoms with Gasteiger partial charge in [0.15, 0.2) is 5.58 Å².